The first-order valence-electron chi connectivity index (χ1n) is 20.9. The first-order valence-corrected chi connectivity index (χ1v) is 20.9. The van der Waals surface area contributed by atoms with E-state index in [1.807, 2.05) is 36.5 Å². The summed E-state index contributed by atoms with van der Waals surface area (Å²) in [5, 5.41) is 2.05. The highest BCUT2D eigenvalue weighted by atomic mass is 19.1. The third kappa shape index (κ3) is 7.19. The lowest BCUT2D eigenvalue weighted by atomic mass is 9.80. The minimum absolute atomic E-state index is 0.00940. The van der Waals surface area contributed by atoms with Crippen molar-refractivity contribution in [3.63, 3.8) is 0 Å². The Kier molecular flexibility index (Phi) is 9.38. The van der Waals surface area contributed by atoms with Gasteiger partial charge in [0.1, 0.15) is 29.8 Å². The molecule has 5 nitrogen and oxygen atoms in total. The second-order valence-corrected chi connectivity index (χ2v) is 19.2. The molecular weight excluding hydrogens is 740 g/mol. The zero-order valence-corrected chi connectivity index (χ0v) is 36.1. The van der Waals surface area contributed by atoms with Gasteiger partial charge in [0.25, 0.3) is 0 Å². The van der Waals surface area contributed by atoms with Gasteiger partial charge in [0.2, 0.25) is 0 Å². The number of nitrogens with zero attached hydrogens (tertiary/aromatic N) is 4. The molecule has 6 aromatic carbocycles. The quantitative estimate of drug-likeness (QED) is 0.168. The van der Waals surface area contributed by atoms with E-state index >= 15 is 4.39 Å². The molecule has 0 saturated heterocycles. The third-order valence-electron chi connectivity index (χ3n) is 11.8. The number of aromatic nitrogens is 2. The van der Waals surface area contributed by atoms with E-state index in [9.17, 15) is 0 Å². The molecular formula is C54H53FN4O. The Hall–Kier alpha value is -6.40. The first-order chi connectivity index (χ1) is 28.5. The van der Waals surface area contributed by atoms with E-state index in [1.165, 1.54) is 34.1 Å². The number of ether oxygens (including phenoxy) is 1. The second kappa shape index (κ2) is 14.4. The summed E-state index contributed by atoms with van der Waals surface area (Å²) < 4.78 is 24.0. The summed E-state index contributed by atoms with van der Waals surface area (Å²) in [7, 11) is 0. The molecule has 0 unspecified atom stereocenters. The number of benzene rings is 6. The number of rotatable bonds is 6. The minimum Gasteiger partial charge on any atom is -0.457 e. The van der Waals surface area contributed by atoms with E-state index in [1.54, 1.807) is 6.07 Å². The molecule has 0 N–H and O–H groups in total. The Morgan fingerprint density at radius 1 is 0.517 bits per heavy atom. The van der Waals surface area contributed by atoms with Crippen LogP contribution in [-0.4, -0.2) is 16.2 Å². The van der Waals surface area contributed by atoms with Gasteiger partial charge in [-0.1, -0.05) is 111 Å². The standard InChI is InChI=1S/C54H53FN4O/c1-52(2,3)36-25-26-56-51(31-36)59-47-24-21-35(43-17-10-11-18-46(43)55)27-45(47)44-23-22-42(33-50(44)59)60-41-16-14-15-39(32-41)57-34-58(49-20-13-12-19-48(49)57)40-29-37(53(4,5)6)28-38(30-40)54(7,8)9/h10-33H,34H2,1-9H3. The number of para-hydroxylation sites is 2. The molecule has 2 aromatic heterocycles. The molecule has 302 valence electrons. The molecule has 1 aliphatic rings. The van der Waals surface area contributed by atoms with Gasteiger partial charge >= 0.3 is 0 Å². The van der Waals surface area contributed by atoms with Gasteiger partial charge in [-0.3, -0.25) is 4.57 Å². The Morgan fingerprint density at radius 2 is 1.17 bits per heavy atom. The summed E-state index contributed by atoms with van der Waals surface area (Å²) in [6.07, 6.45) is 1.88. The van der Waals surface area contributed by atoms with Crippen LogP contribution in [0.1, 0.15) is 79.0 Å². The van der Waals surface area contributed by atoms with Crippen LogP contribution in [-0.2, 0) is 16.2 Å². The summed E-state index contributed by atoms with van der Waals surface area (Å²) >= 11 is 0. The number of anilines is 4. The molecule has 0 bridgehead atoms. The topological polar surface area (TPSA) is 33.5 Å². The van der Waals surface area contributed by atoms with E-state index in [2.05, 4.69) is 174 Å². The van der Waals surface area contributed by atoms with Gasteiger partial charge in [-0.15, -0.1) is 0 Å². The van der Waals surface area contributed by atoms with Crippen molar-refractivity contribution in [2.24, 2.45) is 0 Å². The minimum atomic E-state index is -0.243. The van der Waals surface area contributed by atoms with Crippen LogP contribution in [0.2, 0.25) is 0 Å². The number of pyridine rings is 1. The number of fused-ring (bicyclic) bond motifs is 4. The van der Waals surface area contributed by atoms with Gasteiger partial charge in [0.05, 0.1) is 22.4 Å². The van der Waals surface area contributed by atoms with Crippen molar-refractivity contribution in [3.05, 3.63) is 168 Å². The zero-order chi connectivity index (χ0) is 42.1. The van der Waals surface area contributed by atoms with E-state index in [0.29, 0.717) is 18.0 Å². The maximum absolute atomic E-state index is 15.0. The van der Waals surface area contributed by atoms with Gasteiger partial charge in [0.15, 0.2) is 0 Å². The van der Waals surface area contributed by atoms with Crippen molar-refractivity contribution in [2.45, 2.75) is 78.6 Å². The summed E-state index contributed by atoms with van der Waals surface area (Å²) in [4.78, 5) is 9.69. The van der Waals surface area contributed by atoms with Crippen molar-refractivity contribution in [1.29, 1.82) is 0 Å². The van der Waals surface area contributed by atoms with Gasteiger partial charge in [-0.05, 0) is 117 Å². The van der Waals surface area contributed by atoms with Crippen molar-refractivity contribution >= 4 is 44.6 Å². The Labute approximate surface area is 353 Å². The first kappa shape index (κ1) is 39.1. The lowest BCUT2D eigenvalue weighted by molar-refractivity contribution is 0.483. The third-order valence-corrected chi connectivity index (χ3v) is 11.8. The fraction of sp³-hybridized carbons (Fsp3) is 0.241. The van der Waals surface area contributed by atoms with Crippen molar-refractivity contribution in [2.75, 3.05) is 16.5 Å². The molecule has 8 aromatic rings. The lowest BCUT2D eigenvalue weighted by Crippen LogP contribution is -2.25. The van der Waals surface area contributed by atoms with Crippen LogP contribution in [0.3, 0.4) is 0 Å². The van der Waals surface area contributed by atoms with Crippen LogP contribution in [0.5, 0.6) is 11.5 Å². The molecule has 1 aliphatic heterocycles. The molecule has 0 amide bonds. The summed E-state index contributed by atoms with van der Waals surface area (Å²) in [6, 6.07) is 47.7. The van der Waals surface area contributed by atoms with Crippen LogP contribution in [0.4, 0.5) is 27.1 Å². The molecule has 6 heteroatoms. The van der Waals surface area contributed by atoms with E-state index in [4.69, 9.17) is 9.72 Å². The summed E-state index contributed by atoms with van der Waals surface area (Å²) in [5.74, 6) is 2.03. The summed E-state index contributed by atoms with van der Waals surface area (Å²) in [5.41, 5.74) is 11.7. The highest BCUT2D eigenvalue weighted by molar-refractivity contribution is 6.10. The normalized spacial score (nSPS) is 13.4. The zero-order valence-electron chi connectivity index (χ0n) is 36.1. The molecule has 0 saturated carbocycles. The fourth-order valence-corrected chi connectivity index (χ4v) is 8.32. The maximum atomic E-state index is 15.0. The van der Waals surface area contributed by atoms with Crippen molar-refractivity contribution in [1.82, 2.24) is 9.55 Å². The van der Waals surface area contributed by atoms with Crippen LogP contribution in [0.25, 0.3) is 38.8 Å². The lowest BCUT2D eigenvalue weighted by Gasteiger charge is -2.29. The Bertz CT molecular complexity index is 2890. The second-order valence-electron chi connectivity index (χ2n) is 19.2. The van der Waals surface area contributed by atoms with Gasteiger partial charge < -0.3 is 14.5 Å². The van der Waals surface area contributed by atoms with E-state index < -0.39 is 0 Å². The van der Waals surface area contributed by atoms with E-state index in [-0.39, 0.29) is 22.1 Å². The number of hydrogen-bond donors (Lipinski definition) is 0. The van der Waals surface area contributed by atoms with Gasteiger partial charge in [-0.2, -0.15) is 0 Å². The van der Waals surface area contributed by atoms with Crippen molar-refractivity contribution in [3.8, 4) is 28.4 Å². The Balaban J connectivity index is 1.10. The monoisotopic (exact) mass is 792 g/mol. The molecule has 0 aliphatic carbocycles. The molecule has 3 heterocycles. The van der Waals surface area contributed by atoms with Crippen LogP contribution in [0.15, 0.2) is 146 Å². The number of hydrogen-bond acceptors (Lipinski definition) is 4. The molecule has 0 fully saturated rings. The van der Waals surface area contributed by atoms with Crippen LogP contribution < -0.4 is 14.5 Å². The highest BCUT2D eigenvalue weighted by Gasteiger charge is 2.30. The molecule has 0 radical (unpaired) electrons. The SMILES string of the molecule is CC(C)(C)c1cc(N2CN(c3cccc(Oc4ccc5c6cc(-c7ccccc7F)ccc6n(-c6cc(C(C)(C)C)ccn6)c5c4)c3)c3ccccc32)cc(C(C)(C)C)c1. The van der Waals surface area contributed by atoms with Crippen LogP contribution >= 0.6 is 0 Å². The summed E-state index contributed by atoms with van der Waals surface area (Å²) in [6.45, 7) is 21.0. The molecule has 9 rings (SSSR count). The number of halogens is 1. The predicted octanol–water partition coefficient (Wildman–Crippen LogP) is 14.9. The van der Waals surface area contributed by atoms with Crippen LogP contribution in [0, 0.1) is 5.82 Å². The Morgan fingerprint density at radius 3 is 1.85 bits per heavy atom. The highest BCUT2D eigenvalue weighted by Crippen LogP contribution is 2.47. The largest absolute Gasteiger partial charge is 0.457 e. The average molecular weight is 793 g/mol. The molecule has 60 heavy (non-hydrogen) atoms. The fourth-order valence-electron chi connectivity index (χ4n) is 8.32. The van der Waals surface area contributed by atoms with Gasteiger partial charge in [-0.25, -0.2) is 9.37 Å². The molecule has 0 spiro atoms. The van der Waals surface area contributed by atoms with Gasteiger partial charge in [0, 0.05) is 46.0 Å². The molecule has 0 atom stereocenters. The van der Waals surface area contributed by atoms with Crippen molar-refractivity contribution < 1.29 is 9.13 Å². The smallest absolute Gasteiger partial charge is 0.137 e. The van der Waals surface area contributed by atoms with E-state index in [0.717, 1.165) is 50.3 Å². The maximum Gasteiger partial charge on any atom is 0.137 e. The predicted molar refractivity (Wildman–Crippen MR) is 249 cm³/mol. The average Bonchev–Trinajstić information content (AvgIpc) is 3.76.